The van der Waals surface area contributed by atoms with Crippen molar-refractivity contribution >= 4 is 33.0 Å². The van der Waals surface area contributed by atoms with Gasteiger partial charge in [-0.3, -0.25) is 4.79 Å². The van der Waals surface area contributed by atoms with Crippen molar-refractivity contribution in [2.45, 2.75) is 32.2 Å². The van der Waals surface area contributed by atoms with Crippen LogP contribution in [0.1, 0.15) is 30.6 Å². The van der Waals surface area contributed by atoms with Gasteiger partial charge in [0.1, 0.15) is 5.78 Å². The Labute approximate surface area is 115 Å². The van der Waals surface area contributed by atoms with E-state index in [4.69, 9.17) is 0 Å². The van der Waals surface area contributed by atoms with Crippen LogP contribution in [0.5, 0.6) is 0 Å². The van der Waals surface area contributed by atoms with Crippen LogP contribution in [-0.2, 0) is 11.3 Å². The average Bonchev–Trinajstić information content (AvgIpc) is 2.67. The molecule has 0 aliphatic heterocycles. The van der Waals surface area contributed by atoms with Gasteiger partial charge in [0.15, 0.2) is 0 Å². The number of ketones is 1. The summed E-state index contributed by atoms with van der Waals surface area (Å²) in [4.78, 5) is 14.9. The molecule has 0 N–H and O–H groups in total. The molecule has 0 atom stereocenters. The van der Waals surface area contributed by atoms with E-state index in [1.54, 1.807) is 11.3 Å². The second kappa shape index (κ2) is 6.12. The standard InChI is InChI=1S/C13H18BrNOS/c1-15(9-12-6-7-13(14)17-12)8-10-2-4-11(16)5-3-10/h6-7,10H,2-5,8-9H2,1H3. The second-order valence-corrected chi connectivity index (χ2v) is 7.43. The molecule has 4 heteroatoms. The summed E-state index contributed by atoms with van der Waals surface area (Å²) in [7, 11) is 2.17. The summed E-state index contributed by atoms with van der Waals surface area (Å²) >= 11 is 5.29. The lowest BCUT2D eigenvalue weighted by atomic mass is 9.88. The smallest absolute Gasteiger partial charge is 0.132 e. The van der Waals surface area contributed by atoms with Crippen molar-refractivity contribution < 1.29 is 4.79 Å². The molecule has 0 aromatic carbocycles. The van der Waals surface area contributed by atoms with Gasteiger partial charge in [-0.2, -0.15) is 0 Å². The molecule has 2 rings (SSSR count). The van der Waals surface area contributed by atoms with E-state index >= 15 is 0 Å². The molecule has 1 heterocycles. The van der Waals surface area contributed by atoms with Crippen LogP contribution in [0, 0.1) is 5.92 Å². The summed E-state index contributed by atoms with van der Waals surface area (Å²) in [6.07, 6.45) is 3.75. The average molecular weight is 316 g/mol. The second-order valence-electron chi connectivity index (χ2n) is 4.88. The monoisotopic (exact) mass is 315 g/mol. The number of thiophene rings is 1. The minimum Gasteiger partial charge on any atom is -0.301 e. The first kappa shape index (κ1) is 13.2. The topological polar surface area (TPSA) is 20.3 Å². The third-order valence-electron chi connectivity index (χ3n) is 3.29. The van der Waals surface area contributed by atoms with Gasteiger partial charge in [0.25, 0.3) is 0 Å². The van der Waals surface area contributed by atoms with Crippen molar-refractivity contribution in [1.29, 1.82) is 0 Å². The van der Waals surface area contributed by atoms with Crippen molar-refractivity contribution in [2.75, 3.05) is 13.6 Å². The van der Waals surface area contributed by atoms with Gasteiger partial charge < -0.3 is 4.90 Å². The zero-order valence-corrected chi connectivity index (χ0v) is 12.5. The highest BCUT2D eigenvalue weighted by atomic mass is 79.9. The van der Waals surface area contributed by atoms with E-state index in [0.717, 1.165) is 38.8 Å². The van der Waals surface area contributed by atoms with E-state index in [1.165, 1.54) is 8.66 Å². The highest BCUT2D eigenvalue weighted by Gasteiger charge is 2.19. The molecule has 0 amide bonds. The Kier molecular flexibility index (Phi) is 4.77. The van der Waals surface area contributed by atoms with E-state index < -0.39 is 0 Å². The number of carbonyl (C=O) groups is 1. The maximum atomic E-state index is 11.2. The summed E-state index contributed by atoms with van der Waals surface area (Å²) in [5.41, 5.74) is 0. The van der Waals surface area contributed by atoms with Gasteiger partial charge in [-0.05, 0) is 53.9 Å². The zero-order valence-electron chi connectivity index (χ0n) is 10.1. The zero-order chi connectivity index (χ0) is 12.3. The Morgan fingerprint density at radius 3 is 2.71 bits per heavy atom. The number of carbonyl (C=O) groups excluding carboxylic acids is 1. The number of hydrogen-bond donors (Lipinski definition) is 0. The van der Waals surface area contributed by atoms with E-state index in [-0.39, 0.29) is 0 Å². The predicted molar refractivity (Wildman–Crippen MR) is 75.3 cm³/mol. The van der Waals surface area contributed by atoms with Gasteiger partial charge in [-0.1, -0.05) is 0 Å². The van der Waals surface area contributed by atoms with Crippen LogP contribution in [-0.4, -0.2) is 24.3 Å². The van der Waals surface area contributed by atoms with Gasteiger partial charge in [0, 0.05) is 30.8 Å². The third-order valence-corrected chi connectivity index (χ3v) is 4.90. The van der Waals surface area contributed by atoms with Gasteiger partial charge in [0.2, 0.25) is 0 Å². The molecule has 0 saturated heterocycles. The number of halogens is 1. The quantitative estimate of drug-likeness (QED) is 0.844. The van der Waals surface area contributed by atoms with E-state index in [9.17, 15) is 4.79 Å². The van der Waals surface area contributed by atoms with Gasteiger partial charge >= 0.3 is 0 Å². The lowest BCUT2D eigenvalue weighted by Crippen LogP contribution is -2.28. The maximum absolute atomic E-state index is 11.2. The van der Waals surface area contributed by atoms with Crippen LogP contribution < -0.4 is 0 Å². The Morgan fingerprint density at radius 1 is 1.41 bits per heavy atom. The first-order chi connectivity index (χ1) is 8.13. The molecular formula is C13H18BrNOS. The summed E-state index contributed by atoms with van der Waals surface area (Å²) < 4.78 is 1.20. The van der Waals surface area contributed by atoms with Crippen LogP contribution in [0.2, 0.25) is 0 Å². The lowest BCUT2D eigenvalue weighted by molar-refractivity contribution is -0.121. The Morgan fingerprint density at radius 2 is 2.12 bits per heavy atom. The molecule has 1 aliphatic rings. The molecule has 1 fully saturated rings. The summed E-state index contributed by atoms with van der Waals surface area (Å²) in [5.74, 6) is 1.16. The Hall–Kier alpha value is -0.190. The van der Waals surface area contributed by atoms with Crippen LogP contribution in [0.25, 0.3) is 0 Å². The van der Waals surface area contributed by atoms with Crippen molar-refractivity contribution in [3.05, 3.63) is 20.8 Å². The van der Waals surface area contributed by atoms with Gasteiger partial charge in [0.05, 0.1) is 3.79 Å². The molecular weight excluding hydrogens is 298 g/mol. The largest absolute Gasteiger partial charge is 0.301 e. The first-order valence-electron chi connectivity index (χ1n) is 6.08. The lowest BCUT2D eigenvalue weighted by Gasteiger charge is -2.26. The van der Waals surface area contributed by atoms with Gasteiger partial charge in [-0.25, -0.2) is 0 Å². The van der Waals surface area contributed by atoms with Crippen LogP contribution in [0.3, 0.4) is 0 Å². The van der Waals surface area contributed by atoms with Crippen LogP contribution in [0.15, 0.2) is 15.9 Å². The van der Waals surface area contributed by atoms with E-state index in [0.29, 0.717) is 11.7 Å². The Balaban J connectivity index is 1.77. The van der Waals surface area contributed by atoms with Crippen molar-refractivity contribution in [3.8, 4) is 0 Å². The number of Topliss-reactive ketones (excluding diaryl/α,β-unsaturated/α-hetero) is 1. The fourth-order valence-electron chi connectivity index (χ4n) is 2.39. The van der Waals surface area contributed by atoms with Crippen LogP contribution >= 0.6 is 27.3 Å². The third kappa shape index (κ3) is 4.19. The highest BCUT2D eigenvalue weighted by molar-refractivity contribution is 9.11. The molecule has 17 heavy (non-hydrogen) atoms. The Bertz CT molecular complexity index is 381. The minimum atomic E-state index is 0.450. The molecule has 0 radical (unpaired) electrons. The fraction of sp³-hybridized carbons (Fsp3) is 0.615. The van der Waals surface area contributed by atoms with E-state index in [2.05, 4.69) is 40.0 Å². The fourth-order valence-corrected chi connectivity index (χ4v) is 3.95. The highest BCUT2D eigenvalue weighted by Crippen LogP contribution is 2.25. The summed E-state index contributed by atoms with van der Waals surface area (Å²) in [6.45, 7) is 2.13. The SMILES string of the molecule is CN(Cc1ccc(Br)s1)CC1CCC(=O)CC1. The normalized spacial score (nSPS) is 17.9. The van der Waals surface area contributed by atoms with E-state index in [1.807, 2.05) is 0 Å². The molecule has 94 valence electrons. The molecule has 1 saturated carbocycles. The summed E-state index contributed by atoms with van der Waals surface area (Å²) in [6, 6.07) is 4.28. The molecule has 0 bridgehead atoms. The molecule has 1 aromatic rings. The minimum absolute atomic E-state index is 0.450. The molecule has 0 unspecified atom stereocenters. The van der Waals surface area contributed by atoms with Crippen molar-refractivity contribution in [2.24, 2.45) is 5.92 Å². The molecule has 0 spiro atoms. The van der Waals surface area contributed by atoms with Crippen molar-refractivity contribution in [3.63, 3.8) is 0 Å². The molecule has 1 aliphatic carbocycles. The number of hydrogen-bond acceptors (Lipinski definition) is 3. The number of nitrogens with zero attached hydrogens (tertiary/aromatic N) is 1. The number of rotatable bonds is 4. The van der Waals surface area contributed by atoms with Crippen LogP contribution in [0.4, 0.5) is 0 Å². The maximum Gasteiger partial charge on any atom is 0.132 e. The van der Waals surface area contributed by atoms with Crippen molar-refractivity contribution in [1.82, 2.24) is 4.90 Å². The first-order valence-corrected chi connectivity index (χ1v) is 7.69. The summed E-state index contributed by atoms with van der Waals surface area (Å²) in [5, 5.41) is 0. The molecule has 1 aromatic heterocycles. The van der Waals surface area contributed by atoms with Gasteiger partial charge in [-0.15, -0.1) is 11.3 Å². The molecule has 2 nitrogen and oxygen atoms in total. The predicted octanol–water partition coefficient (Wildman–Crippen LogP) is 3.70.